The Hall–Kier alpha value is -2.34. The molecule has 6 nitrogen and oxygen atoms in total. The van der Waals surface area contributed by atoms with Crippen molar-refractivity contribution in [3.8, 4) is 0 Å². The van der Waals surface area contributed by atoms with Crippen LogP contribution in [-0.2, 0) is 4.79 Å². The summed E-state index contributed by atoms with van der Waals surface area (Å²) in [6, 6.07) is 6.54. The number of rotatable bonds is 5. The molecule has 1 saturated carbocycles. The molecule has 7 heteroatoms. The number of carboxylic acids is 1. The number of nitrogens with zero attached hydrogens (tertiary/aromatic N) is 2. The second kappa shape index (κ2) is 8.57. The molecule has 2 heterocycles. The van der Waals surface area contributed by atoms with Gasteiger partial charge >= 0.3 is 5.97 Å². The molecule has 1 aliphatic carbocycles. The van der Waals surface area contributed by atoms with Gasteiger partial charge in [-0.2, -0.15) is 0 Å². The van der Waals surface area contributed by atoms with E-state index in [9.17, 15) is 14.7 Å². The van der Waals surface area contributed by atoms with E-state index in [1.807, 2.05) is 11.0 Å². The molecule has 2 aliphatic rings. The molecule has 0 spiro atoms. The molecule has 1 aromatic carbocycles. The van der Waals surface area contributed by atoms with Gasteiger partial charge in [-0.05, 0) is 55.9 Å². The minimum Gasteiger partial charge on any atom is -0.480 e. The van der Waals surface area contributed by atoms with Gasteiger partial charge in [-0.15, -0.1) is 0 Å². The number of carbonyl (C=O) groups excluding carboxylic acids is 1. The molecule has 1 aromatic heterocycles. The van der Waals surface area contributed by atoms with E-state index in [4.69, 9.17) is 11.6 Å². The first-order valence-corrected chi connectivity index (χ1v) is 10.8. The third-order valence-electron chi connectivity index (χ3n) is 6.14. The zero-order valence-corrected chi connectivity index (χ0v) is 17.1. The molecule has 0 radical (unpaired) electrons. The third-order valence-corrected chi connectivity index (χ3v) is 6.46. The number of carbonyl (C=O) groups is 2. The molecule has 1 saturated heterocycles. The summed E-state index contributed by atoms with van der Waals surface area (Å²) < 4.78 is 0. The van der Waals surface area contributed by atoms with E-state index in [0.717, 1.165) is 19.3 Å². The van der Waals surface area contributed by atoms with E-state index < -0.39 is 12.0 Å². The number of aliphatic carboxylic acids is 1. The lowest BCUT2D eigenvalue weighted by atomic mass is 9.89. The number of benzene rings is 1. The molecule has 154 valence electrons. The Bertz CT molecular complexity index is 927. The standard InChI is InChI=1S/C22H26ClN3O3/c23-16-9-10-17-15(20(16)21(27)24-13-14-5-2-1-3-6-14)8-11-19(25-17)26-12-4-7-18(26)22(28)29/h8-11,14,18H,1-7,12-13H2,(H,24,27)(H,28,29)/t18-/m0/s1. The van der Waals surface area contributed by atoms with Crippen molar-refractivity contribution in [3.05, 3.63) is 34.9 Å². The first-order chi connectivity index (χ1) is 14.0. The van der Waals surface area contributed by atoms with Crippen molar-refractivity contribution in [2.24, 2.45) is 5.92 Å². The van der Waals surface area contributed by atoms with Gasteiger partial charge in [0.15, 0.2) is 0 Å². The number of pyridine rings is 1. The Morgan fingerprint density at radius 1 is 1.10 bits per heavy atom. The molecule has 1 amide bonds. The number of halogens is 1. The normalized spacial score (nSPS) is 20.2. The quantitative estimate of drug-likeness (QED) is 0.762. The fraction of sp³-hybridized carbons (Fsp3) is 0.500. The molecule has 2 N–H and O–H groups in total. The van der Waals surface area contributed by atoms with E-state index in [0.29, 0.717) is 52.7 Å². The van der Waals surface area contributed by atoms with Gasteiger partial charge in [-0.1, -0.05) is 30.9 Å². The van der Waals surface area contributed by atoms with Gasteiger partial charge in [0.1, 0.15) is 11.9 Å². The topological polar surface area (TPSA) is 82.5 Å². The van der Waals surface area contributed by atoms with Crippen LogP contribution in [0.1, 0.15) is 55.3 Å². The molecular weight excluding hydrogens is 390 g/mol. The van der Waals surface area contributed by atoms with Crippen LogP contribution in [0.15, 0.2) is 24.3 Å². The van der Waals surface area contributed by atoms with Crippen LogP contribution in [0.3, 0.4) is 0 Å². The first kappa shape index (κ1) is 20.0. The summed E-state index contributed by atoms with van der Waals surface area (Å²) in [5, 5.41) is 13.6. The highest BCUT2D eigenvalue weighted by atomic mass is 35.5. The third kappa shape index (κ3) is 4.17. The minimum absolute atomic E-state index is 0.176. The number of amides is 1. The maximum atomic E-state index is 12.9. The summed E-state index contributed by atoms with van der Waals surface area (Å²) >= 11 is 6.37. The lowest BCUT2D eigenvalue weighted by molar-refractivity contribution is -0.138. The predicted molar refractivity (Wildman–Crippen MR) is 114 cm³/mol. The van der Waals surface area contributed by atoms with Crippen LogP contribution in [0.5, 0.6) is 0 Å². The molecule has 4 rings (SSSR count). The molecule has 2 aromatic rings. The van der Waals surface area contributed by atoms with Crippen LogP contribution < -0.4 is 10.2 Å². The second-order valence-electron chi connectivity index (χ2n) is 8.06. The maximum absolute atomic E-state index is 12.9. The van der Waals surface area contributed by atoms with Crippen molar-refractivity contribution in [1.29, 1.82) is 0 Å². The number of nitrogens with one attached hydrogen (secondary N) is 1. The van der Waals surface area contributed by atoms with E-state index in [-0.39, 0.29) is 5.91 Å². The Morgan fingerprint density at radius 3 is 2.66 bits per heavy atom. The van der Waals surface area contributed by atoms with E-state index >= 15 is 0 Å². The van der Waals surface area contributed by atoms with Crippen molar-refractivity contribution >= 4 is 40.2 Å². The number of hydrogen-bond acceptors (Lipinski definition) is 4. The highest BCUT2D eigenvalue weighted by Gasteiger charge is 2.31. The number of fused-ring (bicyclic) bond motifs is 1. The van der Waals surface area contributed by atoms with Crippen molar-refractivity contribution in [1.82, 2.24) is 10.3 Å². The van der Waals surface area contributed by atoms with Crippen LogP contribution in [0, 0.1) is 5.92 Å². The highest BCUT2D eigenvalue weighted by molar-refractivity contribution is 6.35. The summed E-state index contributed by atoms with van der Waals surface area (Å²) in [6.07, 6.45) is 7.51. The zero-order valence-electron chi connectivity index (χ0n) is 16.4. The van der Waals surface area contributed by atoms with Crippen LogP contribution >= 0.6 is 11.6 Å². The minimum atomic E-state index is -0.830. The van der Waals surface area contributed by atoms with Gasteiger partial charge in [0, 0.05) is 18.5 Å². The summed E-state index contributed by atoms with van der Waals surface area (Å²) in [6.45, 7) is 1.34. The number of carboxylic acid groups (broad SMARTS) is 1. The lowest BCUT2D eigenvalue weighted by Crippen LogP contribution is -2.36. The fourth-order valence-electron chi connectivity index (χ4n) is 4.57. The van der Waals surface area contributed by atoms with E-state index in [2.05, 4.69) is 10.3 Å². The van der Waals surface area contributed by atoms with Gasteiger partial charge < -0.3 is 15.3 Å². The fourth-order valence-corrected chi connectivity index (χ4v) is 4.82. The average molecular weight is 416 g/mol. The summed E-state index contributed by atoms with van der Waals surface area (Å²) in [7, 11) is 0. The predicted octanol–water partition coefficient (Wildman–Crippen LogP) is 4.25. The lowest BCUT2D eigenvalue weighted by Gasteiger charge is -2.23. The van der Waals surface area contributed by atoms with Crippen molar-refractivity contribution in [2.45, 2.75) is 51.0 Å². The summed E-state index contributed by atoms with van der Waals surface area (Å²) in [5.41, 5.74) is 1.08. The molecule has 0 unspecified atom stereocenters. The van der Waals surface area contributed by atoms with Crippen molar-refractivity contribution < 1.29 is 14.7 Å². The van der Waals surface area contributed by atoms with Gasteiger partial charge in [-0.25, -0.2) is 9.78 Å². The van der Waals surface area contributed by atoms with E-state index in [1.165, 1.54) is 19.3 Å². The SMILES string of the molecule is O=C(NCC1CCCCC1)c1c(Cl)ccc2nc(N3CCC[C@H]3C(=O)O)ccc12. The van der Waals surface area contributed by atoms with Crippen LogP contribution in [0.4, 0.5) is 5.82 Å². The van der Waals surface area contributed by atoms with Crippen LogP contribution in [0.2, 0.25) is 5.02 Å². The van der Waals surface area contributed by atoms with Crippen molar-refractivity contribution in [2.75, 3.05) is 18.0 Å². The Kier molecular flexibility index (Phi) is 5.90. The van der Waals surface area contributed by atoms with Crippen molar-refractivity contribution in [3.63, 3.8) is 0 Å². The number of anilines is 1. The molecule has 1 atom stereocenters. The maximum Gasteiger partial charge on any atom is 0.326 e. The zero-order chi connectivity index (χ0) is 20.4. The van der Waals surface area contributed by atoms with Gasteiger partial charge in [0.05, 0.1) is 16.1 Å². The first-order valence-electron chi connectivity index (χ1n) is 10.4. The molecule has 2 fully saturated rings. The molecule has 1 aliphatic heterocycles. The van der Waals surface area contributed by atoms with E-state index in [1.54, 1.807) is 18.2 Å². The second-order valence-corrected chi connectivity index (χ2v) is 8.47. The number of hydrogen-bond donors (Lipinski definition) is 2. The van der Waals surface area contributed by atoms with Crippen LogP contribution in [-0.4, -0.2) is 41.1 Å². The smallest absolute Gasteiger partial charge is 0.326 e. The highest BCUT2D eigenvalue weighted by Crippen LogP contribution is 2.30. The monoisotopic (exact) mass is 415 g/mol. The van der Waals surface area contributed by atoms with Gasteiger partial charge in [-0.3, -0.25) is 4.79 Å². The largest absolute Gasteiger partial charge is 0.480 e. The summed E-state index contributed by atoms with van der Waals surface area (Å²) in [4.78, 5) is 30.9. The molecule has 29 heavy (non-hydrogen) atoms. The summed E-state index contributed by atoms with van der Waals surface area (Å²) in [5.74, 6) is 0.154. The van der Waals surface area contributed by atoms with Crippen LogP contribution in [0.25, 0.3) is 10.9 Å². The Labute approximate surface area is 175 Å². The molecule has 0 bridgehead atoms. The average Bonchev–Trinajstić information content (AvgIpc) is 3.23. The Balaban J connectivity index is 1.58. The molecular formula is C22H26ClN3O3. The number of aromatic nitrogens is 1. The van der Waals surface area contributed by atoms with Gasteiger partial charge in [0.25, 0.3) is 5.91 Å². The van der Waals surface area contributed by atoms with Gasteiger partial charge in [0.2, 0.25) is 0 Å². The Morgan fingerprint density at radius 2 is 1.90 bits per heavy atom.